The summed E-state index contributed by atoms with van der Waals surface area (Å²) in [7, 11) is 0. The average Bonchev–Trinajstić information content (AvgIpc) is 3.36. The van der Waals surface area contributed by atoms with Crippen LogP contribution in [0.1, 0.15) is 24.2 Å². The van der Waals surface area contributed by atoms with Crippen LogP contribution >= 0.6 is 0 Å². The SMILES string of the molecule is O=C(NCCc1noc(-c2cccnc2)n1)C1(c2ccccc2)CC1. The summed E-state index contributed by atoms with van der Waals surface area (Å²) < 4.78 is 5.24. The van der Waals surface area contributed by atoms with E-state index in [0.29, 0.717) is 24.7 Å². The van der Waals surface area contributed by atoms with Crippen LogP contribution in [0.5, 0.6) is 0 Å². The summed E-state index contributed by atoms with van der Waals surface area (Å²) in [5.41, 5.74) is 1.52. The third-order valence-electron chi connectivity index (χ3n) is 4.52. The predicted molar refractivity (Wildman–Crippen MR) is 91.6 cm³/mol. The highest BCUT2D eigenvalue weighted by molar-refractivity contribution is 5.91. The number of nitrogens with one attached hydrogen (secondary N) is 1. The summed E-state index contributed by atoms with van der Waals surface area (Å²) in [4.78, 5) is 20.9. The maximum Gasteiger partial charge on any atom is 0.259 e. The normalized spacial score (nSPS) is 14.9. The maximum absolute atomic E-state index is 12.6. The lowest BCUT2D eigenvalue weighted by molar-refractivity contribution is -0.123. The molecule has 1 N–H and O–H groups in total. The second kappa shape index (κ2) is 6.47. The molecule has 6 heteroatoms. The Morgan fingerprint density at radius 3 is 2.72 bits per heavy atom. The molecule has 1 aromatic carbocycles. The number of carbonyl (C=O) groups is 1. The van der Waals surface area contributed by atoms with E-state index in [1.165, 1.54) is 0 Å². The molecule has 2 heterocycles. The molecule has 2 aromatic heterocycles. The first-order valence-corrected chi connectivity index (χ1v) is 8.35. The molecule has 0 spiro atoms. The number of carbonyl (C=O) groups excluding carboxylic acids is 1. The van der Waals surface area contributed by atoms with Gasteiger partial charge in [0, 0.05) is 25.4 Å². The smallest absolute Gasteiger partial charge is 0.259 e. The van der Waals surface area contributed by atoms with Crippen molar-refractivity contribution in [2.75, 3.05) is 6.54 Å². The molecule has 1 aliphatic rings. The third-order valence-corrected chi connectivity index (χ3v) is 4.52. The minimum atomic E-state index is -0.348. The highest BCUT2D eigenvalue weighted by atomic mass is 16.5. The number of nitrogens with zero attached hydrogens (tertiary/aromatic N) is 3. The molecular weight excluding hydrogens is 316 g/mol. The van der Waals surface area contributed by atoms with Crippen molar-refractivity contribution in [2.24, 2.45) is 0 Å². The van der Waals surface area contributed by atoms with E-state index in [1.54, 1.807) is 12.4 Å². The van der Waals surface area contributed by atoms with Crippen molar-refractivity contribution < 1.29 is 9.32 Å². The van der Waals surface area contributed by atoms with Gasteiger partial charge in [-0.25, -0.2) is 0 Å². The summed E-state index contributed by atoms with van der Waals surface area (Å²) in [6, 6.07) is 13.6. The molecule has 3 aromatic rings. The molecule has 1 amide bonds. The number of rotatable bonds is 6. The van der Waals surface area contributed by atoms with Gasteiger partial charge >= 0.3 is 0 Å². The summed E-state index contributed by atoms with van der Waals surface area (Å²) in [6.07, 6.45) is 5.69. The highest BCUT2D eigenvalue weighted by Crippen LogP contribution is 2.48. The van der Waals surface area contributed by atoms with Gasteiger partial charge in [0.1, 0.15) is 0 Å². The van der Waals surface area contributed by atoms with Crippen LogP contribution in [0, 0.1) is 0 Å². The van der Waals surface area contributed by atoms with Crippen LogP contribution < -0.4 is 5.32 Å². The number of hydrogen-bond acceptors (Lipinski definition) is 5. The lowest BCUT2D eigenvalue weighted by atomic mass is 9.95. The molecule has 4 rings (SSSR count). The van der Waals surface area contributed by atoms with Crippen molar-refractivity contribution >= 4 is 5.91 Å². The molecule has 1 aliphatic carbocycles. The van der Waals surface area contributed by atoms with Crippen molar-refractivity contribution in [3.8, 4) is 11.5 Å². The van der Waals surface area contributed by atoms with Crippen LogP contribution in [0.4, 0.5) is 0 Å². The van der Waals surface area contributed by atoms with E-state index in [4.69, 9.17) is 4.52 Å². The Hall–Kier alpha value is -3.02. The summed E-state index contributed by atoms with van der Waals surface area (Å²) in [5.74, 6) is 1.09. The van der Waals surface area contributed by atoms with Crippen LogP contribution in [0.3, 0.4) is 0 Å². The largest absolute Gasteiger partial charge is 0.355 e. The molecule has 1 saturated carbocycles. The van der Waals surface area contributed by atoms with Crippen LogP contribution in [0.2, 0.25) is 0 Å². The fraction of sp³-hybridized carbons (Fsp3) is 0.263. The third kappa shape index (κ3) is 3.15. The molecular formula is C19H18N4O2. The Bertz CT molecular complexity index is 857. The lowest BCUT2D eigenvalue weighted by Crippen LogP contribution is -2.36. The first-order valence-electron chi connectivity index (χ1n) is 8.35. The molecule has 0 bridgehead atoms. The molecule has 0 radical (unpaired) electrons. The summed E-state index contributed by atoms with van der Waals surface area (Å²) in [5, 5.41) is 6.97. The summed E-state index contributed by atoms with van der Waals surface area (Å²) in [6.45, 7) is 0.486. The zero-order valence-electron chi connectivity index (χ0n) is 13.7. The number of amides is 1. The quantitative estimate of drug-likeness (QED) is 0.749. The second-order valence-corrected chi connectivity index (χ2v) is 6.21. The van der Waals surface area contributed by atoms with Crippen LogP contribution in [0.15, 0.2) is 59.4 Å². The van der Waals surface area contributed by atoms with E-state index in [0.717, 1.165) is 24.0 Å². The molecule has 1 fully saturated rings. The van der Waals surface area contributed by atoms with Gasteiger partial charge in [-0.15, -0.1) is 0 Å². The number of aromatic nitrogens is 3. The Morgan fingerprint density at radius 2 is 2.00 bits per heavy atom. The van der Waals surface area contributed by atoms with E-state index < -0.39 is 0 Å². The van der Waals surface area contributed by atoms with Crippen molar-refractivity contribution in [1.29, 1.82) is 0 Å². The Labute approximate surface area is 145 Å². The summed E-state index contributed by atoms with van der Waals surface area (Å²) >= 11 is 0. The van der Waals surface area contributed by atoms with Gasteiger partial charge in [-0.1, -0.05) is 35.5 Å². The minimum Gasteiger partial charge on any atom is -0.355 e. The molecule has 0 aliphatic heterocycles. The van der Waals surface area contributed by atoms with Gasteiger partial charge in [0.05, 0.1) is 11.0 Å². The van der Waals surface area contributed by atoms with E-state index in [9.17, 15) is 4.79 Å². The van der Waals surface area contributed by atoms with Crippen molar-refractivity contribution in [3.05, 3.63) is 66.2 Å². The molecule has 0 atom stereocenters. The average molecular weight is 334 g/mol. The zero-order chi connectivity index (χ0) is 17.1. The van der Waals surface area contributed by atoms with E-state index in [2.05, 4.69) is 20.4 Å². The second-order valence-electron chi connectivity index (χ2n) is 6.21. The number of benzene rings is 1. The van der Waals surface area contributed by atoms with E-state index in [-0.39, 0.29) is 11.3 Å². The molecule has 6 nitrogen and oxygen atoms in total. The monoisotopic (exact) mass is 334 g/mol. The van der Waals surface area contributed by atoms with Gasteiger partial charge in [0.15, 0.2) is 5.82 Å². The molecule has 25 heavy (non-hydrogen) atoms. The van der Waals surface area contributed by atoms with Gasteiger partial charge < -0.3 is 9.84 Å². The highest BCUT2D eigenvalue weighted by Gasteiger charge is 2.50. The van der Waals surface area contributed by atoms with Crippen LogP contribution in [-0.2, 0) is 16.6 Å². The maximum atomic E-state index is 12.6. The van der Waals surface area contributed by atoms with Gasteiger partial charge in [-0.3, -0.25) is 9.78 Å². The van der Waals surface area contributed by atoms with Gasteiger partial charge in [-0.2, -0.15) is 4.98 Å². The van der Waals surface area contributed by atoms with Gasteiger partial charge in [-0.05, 0) is 30.5 Å². The van der Waals surface area contributed by atoms with Crippen LogP contribution in [-0.4, -0.2) is 27.6 Å². The number of hydrogen-bond donors (Lipinski definition) is 1. The fourth-order valence-corrected chi connectivity index (χ4v) is 2.95. The lowest BCUT2D eigenvalue weighted by Gasteiger charge is -2.15. The van der Waals surface area contributed by atoms with E-state index >= 15 is 0 Å². The first kappa shape index (κ1) is 15.5. The molecule has 0 saturated heterocycles. The predicted octanol–water partition coefficient (Wildman–Crippen LogP) is 2.52. The van der Waals surface area contributed by atoms with Gasteiger partial charge in [0.25, 0.3) is 5.89 Å². The standard InChI is InChI=1S/C19H18N4O2/c24-18(19(9-10-19)15-6-2-1-3-7-15)21-12-8-16-22-17(25-23-16)14-5-4-11-20-13-14/h1-7,11,13H,8-10,12H2,(H,21,24). The molecule has 0 unspecified atom stereocenters. The van der Waals surface area contributed by atoms with Crippen molar-refractivity contribution in [1.82, 2.24) is 20.4 Å². The Balaban J connectivity index is 1.34. The van der Waals surface area contributed by atoms with Gasteiger partial charge in [0.2, 0.25) is 5.91 Å². The number of pyridine rings is 1. The first-order chi connectivity index (χ1) is 12.3. The zero-order valence-corrected chi connectivity index (χ0v) is 13.7. The van der Waals surface area contributed by atoms with Crippen molar-refractivity contribution in [3.63, 3.8) is 0 Å². The topological polar surface area (TPSA) is 80.9 Å². The Kier molecular flexibility index (Phi) is 4.01. The Morgan fingerprint density at radius 1 is 1.16 bits per heavy atom. The fourth-order valence-electron chi connectivity index (χ4n) is 2.95. The van der Waals surface area contributed by atoms with Crippen LogP contribution in [0.25, 0.3) is 11.5 Å². The molecule has 126 valence electrons. The minimum absolute atomic E-state index is 0.0784. The van der Waals surface area contributed by atoms with Crippen molar-refractivity contribution in [2.45, 2.75) is 24.7 Å². The van der Waals surface area contributed by atoms with E-state index in [1.807, 2.05) is 42.5 Å².